The number of carbonyl (C=O) groups is 3. The van der Waals surface area contributed by atoms with Crippen molar-refractivity contribution in [2.24, 2.45) is 17.6 Å². The molecule has 3 aliphatic rings. The molecule has 0 spiro atoms. The number of aliphatic hydroxyl groups excluding tert-OH is 3. The van der Waals surface area contributed by atoms with E-state index < -0.39 is 75.6 Å². The lowest BCUT2D eigenvalue weighted by Crippen LogP contribution is -2.70. The number of aromatic nitrogens is 1. The number of rotatable bonds is 5. The van der Waals surface area contributed by atoms with Crippen molar-refractivity contribution >= 4 is 45.4 Å². The molecule has 6 atom stereocenters. The Morgan fingerprint density at radius 2 is 1.90 bits per heavy atom. The number of phenols is 1. The second kappa shape index (κ2) is 9.41. The van der Waals surface area contributed by atoms with Crippen molar-refractivity contribution in [1.29, 1.82) is 0 Å². The molecule has 1 fully saturated rings. The number of Topliss-reactive ketones (excluding diaryl/α,β-unsaturated/α-hetero) is 2. The first-order valence-electron chi connectivity index (χ1n) is 12.7. The molecule has 1 aromatic carbocycles. The van der Waals surface area contributed by atoms with Crippen LogP contribution in [0.1, 0.15) is 36.6 Å². The van der Waals surface area contributed by atoms with Gasteiger partial charge in [0.2, 0.25) is 5.78 Å². The van der Waals surface area contributed by atoms with Crippen LogP contribution in [0.15, 0.2) is 34.4 Å². The Balaban J connectivity index is 1.71. The Kier molecular flexibility index (Phi) is 6.53. The number of nitrogens with two attached hydrogens (primary N) is 1. The average Bonchev–Trinajstić information content (AvgIpc) is 3.34. The zero-order valence-corrected chi connectivity index (χ0v) is 23.0. The van der Waals surface area contributed by atoms with Crippen LogP contribution in [0.2, 0.25) is 0 Å². The van der Waals surface area contributed by atoms with E-state index in [0.717, 1.165) is 5.69 Å². The number of anilines is 2. The third-order valence-corrected chi connectivity index (χ3v) is 9.09. The molecule has 1 saturated carbocycles. The summed E-state index contributed by atoms with van der Waals surface area (Å²) in [7, 11) is 2.92. The fourth-order valence-corrected chi connectivity index (χ4v) is 7.17. The van der Waals surface area contributed by atoms with Gasteiger partial charge in [-0.3, -0.25) is 19.3 Å². The fraction of sp³-hybridized carbons (Fsp3) is 0.407. The number of aromatic hydroxyl groups is 1. The van der Waals surface area contributed by atoms with E-state index >= 15 is 0 Å². The fourth-order valence-electron chi connectivity index (χ4n) is 6.36. The van der Waals surface area contributed by atoms with E-state index in [1.54, 1.807) is 19.1 Å². The monoisotopic (exact) mass is 570 g/mol. The number of phenolic OH excluding ortho intramolecular Hbond substituents is 1. The number of benzene rings is 1. The van der Waals surface area contributed by atoms with Gasteiger partial charge in [-0.05, 0) is 38.1 Å². The number of nitrogens with zero attached hydrogens (tertiary/aromatic N) is 2. The summed E-state index contributed by atoms with van der Waals surface area (Å²) >= 11 is 1.32. The summed E-state index contributed by atoms with van der Waals surface area (Å²) in [6.07, 6.45) is -0.924. The van der Waals surface area contributed by atoms with E-state index in [4.69, 9.17) is 5.73 Å². The zero-order chi connectivity index (χ0) is 29.4. The quantitative estimate of drug-likeness (QED) is 0.201. The van der Waals surface area contributed by atoms with E-state index in [1.165, 1.54) is 30.3 Å². The number of amides is 1. The van der Waals surface area contributed by atoms with Gasteiger partial charge in [-0.25, -0.2) is 4.98 Å². The summed E-state index contributed by atoms with van der Waals surface area (Å²) in [5.74, 6) is -9.26. The number of primary amides is 1. The Hall–Kier alpha value is -3.78. The minimum absolute atomic E-state index is 0.0896. The van der Waals surface area contributed by atoms with E-state index in [9.17, 15) is 39.9 Å². The van der Waals surface area contributed by atoms with Crippen LogP contribution in [-0.4, -0.2) is 84.7 Å². The van der Waals surface area contributed by atoms with E-state index in [2.05, 4.69) is 10.3 Å². The molecule has 13 heteroatoms. The number of fused-ring (bicyclic) bond motifs is 3. The van der Waals surface area contributed by atoms with Crippen molar-refractivity contribution in [2.75, 3.05) is 19.4 Å². The van der Waals surface area contributed by atoms with Gasteiger partial charge in [-0.1, -0.05) is 19.9 Å². The number of carbonyl (C=O) groups excluding carboxylic acids is 3. The highest BCUT2D eigenvalue weighted by atomic mass is 32.1. The van der Waals surface area contributed by atoms with Gasteiger partial charge in [0.25, 0.3) is 5.91 Å². The number of likely N-dealkylation sites (N-methyl/N-ethyl adjacent to an activating group) is 1. The van der Waals surface area contributed by atoms with E-state index in [1.807, 2.05) is 12.3 Å². The summed E-state index contributed by atoms with van der Waals surface area (Å²) < 4.78 is 0. The number of hydrogen-bond donors (Lipinski definition) is 7. The van der Waals surface area contributed by atoms with Crippen LogP contribution in [0.5, 0.6) is 5.75 Å². The number of aliphatic hydroxyl groups is 4. The van der Waals surface area contributed by atoms with Crippen molar-refractivity contribution in [1.82, 2.24) is 9.88 Å². The topological polar surface area (TPSA) is 207 Å². The van der Waals surface area contributed by atoms with Crippen molar-refractivity contribution in [3.63, 3.8) is 0 Å². The minimum atomic E-state index is -2.95. The Bertz CT molecular complexity index is 1530. The molecule has 40 heavy (non-hydrogen) atoms. The van der Waals surface area contributed by atoms with Crippen LogP contribution in [-0.2, 0) is 20.8 Å². The molecule has 0 bridgehead atoms. The summed E-state index contributed by atoms with van der Waals surface area (Å²) in [6.45, 7) is 3.63. The van der Waals surface area contributed by atoms with Gasteiger partial charge in [0.15, 0.2) is 16.5 Å². The smallest absolute Gasteiger partial charge is 0.255 e. The summed E-state index contributed by atoms with van der Waals surface area (Å²) in [6, 6.07) is 1.83. The van der Waals surface area contributed by atoms with Crippen molar-refractivity contribution < 1.29 is 39.9 Å². The molecule has 3 aliphatic carbocycles. The Morgan fingerprint density at radius 1 is 1.23 bits per heavy atom. The standard InChI is InChI=1S/C27H30N4O8S/c1-5-10-8-40-26(29-10)30-12-7-6-11-9(2)13-15(20(33)14(11)19(12)32)23(36)27(39)17(21(13)34)18(31(3)4)22(35)16(24(27)37)25(28)38/h6-9,13,17-18,21,32-34,37,39H,5H2,1-4H3,(H2,28,38)(H,29,30). The predicted octanol–water partition coefficient (Wildman–Crippen LogP) is 1.26. The highest BCUT2D eigenvalue weighted by Crippen LogP contribution is 2.56. The van der Waals surface area contributed by atoms with Crippen LogP contribution in [0, 0.1) is 11.8 Å². The van der Waals surface area contributed by atoms with Crippen molar-refractivity contribution in [3.05, 3.63) is 51.2 Å². The number of ketones is 2. The second-order valence-corrected chi connectivity index (χ2v) is 11.5. The van der Waals surface area contributed by atoms with Crippen LogP contribution < -0.4 is 11.1 Å². The molecular weight excluding hydrogens is 540 g/mol. The van der Waals surface area contributed by atoms with Crippen LogP contribution >= 0.6 is 11.3 Å². The number of aryl methyl sites for hydroxylation is 1. The molecule has 212 valence electrons. The zero-order valence-electron chi connectivity index (χ0n) is 22.2. The van der Waals surface area contributed by atoms with Gasteiger partial charge < -0.3 is 36.6 Å². The lowest BCUT2D eigenvalue weighted by atomic mass is 9.54. The van der Waals surface area contributed by atoms with Gasteiger partial charge in [0, 0.05) is 16.9 Å². The molecule has 6 unspecified atom stereocenters. The number of nitrogens with one attached hydrogen (secondary N) is 1. The summed E-state index contributed by atoms with van der Waals surface area (Å²) in [5.41, 5.74) is 2.37. The molecule has 1 amide bonds. The largest absolute Gasteiger partial charge is 0.508 e. The molecule has 1 heterocycles. The van der Waals surface area contributed by atoms with Gasteiger partial charge in [0.05, 0.1) is 35.0 Å². The summed E-state index contributed by atoms with van der Waals surface area (Å²) in [4.78, 5) is 45.1. The van der Waals surface area contributed by atoms with Gasteiger partial charge in [0.1, 0.15) is 22.8 Å². The average molecular weight is 571 g/mol. The van der Waals surface area contributed by atoms with E-state index in [-0.39, 0.29) is 17.0 Å². The first-order chi connectivity index (χ1) is 18.8. The number of thiazole rings is 1. The molecule has 8 N–H and O–H groups in total. The number of hydrogen-bond acceptors (Lipinski definition) is 12. The molecule has 0 saturated heterocycles. The Morgan fingerprint density at radius 3 is 2.48 bits per heavy atom. The first kappa shape index (κ1) is 27.8. The normalized spacial score (nSPS) is 29.8. The molecule has 12 nitrogen and oxygen atoms in total. The first-order valence-corrected chi connectivity index (χ1v) is 13.5. The maximum absolute atomic E-state index is 14.0. The van der Waals surface area contributed by atoms with Gasteiger partial charge in [-0.2, -0.15) is 0 Å². The maximum Gasteiger partial charge on any atom is 0.255 e. The van der Waals surface area contributed by atoms with Crippen LogP contribution in [0.25, 0.3) is 5.76 Å². The lowest BCUT2D eigenvalue weighted by molar-refractivity contribution is -0.169. The molecule has 2 aromatic rings. The van der Waals surface area contributed by atoms with E-state index in [0.29, 0.717) is 17.1 Å². The lowest BCUT2D eigenvalue weighted by Gasteiger charge is -2.53. The molecular formula is C27H30N4O8S. The minimum Gasteiger partial charge on any atom is -0.508 e. The predicted molar refractivity (Wildman–Crippen MR) is 145 cm³/mol. The van der Waals surface area contributed by atoms with Crippen molar-refractivity contribution in [3.8, 4) is 5.75 Å². The molecule has 1 aromatic heterocycles. The molecule has 0 radical (unpaired) electrons. The Labute approximate surface area is 233 Å². The van der Waals surface area contributed by atoms with Crippen LogP contribution in [0.3, 0.4) is 0 Å². The molecule has 5 rings (SSSR count). The third kappa shape index (κ3) is 3.61. The highest BCUT2D eigenvalue weighted by molar-refractivity contribution is 7.13. The second-order valence-electron chi connectivity index (χ2n) is 10.6. The molecule has 0 aliphatic heterocycles. The van der Waals surface area contributed by atoms with Gasteiger partial charge >= 0.3 is 0 Å². The van der Waals surface area contributed by atoms with Crippen molar-refractivity contribution in [2.45, 2.75) is 43.9 Å². The SMILES string of the molecule is CCc1csc(Nc2ccc3c(c2O)C(O)=C2C(=O)C4(O)C(O)=C(C(N)=O)C(=O)C(N(C)C)C4C(O)C2C3C)n1. The third-order valence-electron chi connectivity index (χ3n) is 8.29. The highest BCUT2D eigenvalue weighted by Gasteiger charge is 2.68. The maximum atomic E-state index is 14.0. The van der Waals surface area contributed by atoms with Gasteiger partial charge in [-0.15, -0.1) is 11.3 Å². The summed E-state index contributed by atoms with van der Waals surface area (Å²) in [5, 5.41) is 62.4. The van der Waals surface area contributed by atoms with Crippen LogP contribution in [0.4, 0.5) is 10.8 Å².